The smallest absolute Gasteiger partial charge is 0.339 e. The molecule has 0 saturated heterocycles. The van der Waals surface area contributed by atoms with Crippen LogP contribution in [-0.4, -0.2) is 41.8 Å². The molecule has 0 aliphatic heterocycles. The van der Waals surface area contributed by atoms with Gasteiger partial charge in [0.15, 0.2) is 0 Å². The van der Waals surface area contributed by atoms with Crippen LogP contribution in [0.4, 0.5) is 5.69 Å². The molecule has 3 N–H and O–H groups in total. The number of carbonyl (C=O) groups is 4. The second-order valence-corrected chi connectivity index (χ2v) is 6.44. The molecule has 0 radical (unpaired) electrons. The number of carboxylic acid groups (broad SMARTS) is 1. The molecule has 8 nitrogen and oxygen atoms in total. The summed E-state index contributed by atoms with van der Waals surface area (Å²) in [5.41, 5.74) is 0.262. The number of Topliss-reactive ketones (excluding diaryl/α,β-unsaturated/α-hetero) is 1. The van der Waals surface area contributed by atoms with Gasteiger partial charge in [-0.3, -0.25) is 14.4 Å². The van der Waals surface area contributed by atoms with Crippen molar-refractivity contribution in [2.24, 2.45) is 0 Å². The Hall–Kier alpha value is -2.61. The SMILES string of the molecule is CC(=O)NC1CCC(=O)CC1.COc1cc(NC(C)=O)c(Cl)cc1C(=O)O. The first-order chi connectivity index (χ1) is 12.6. The second kappa shape index (κ2) is 10.5. The predicted molar refractivity (Wildman–Crippen MR) is 100 cm³/mol. The summed E-state index contributed by atoms with van der Waals surface area (Å²) in [7, 11) is 1.34. The Bertz CT molecular complexity index is 725. The van der Waals surface area contributed by atoms with Crippen LogP contribution in [0.2, 0.25) is 5.02 Å². The van der Waals surface area contributed by atoms with Crippen molar-refractivity contribution in [1.29, 1.82) is 0 Å². The first-order valence-corrected chi connectivity index (χ1v) is 8.69. The maximum atomic E-state index is 10.9. The van der Waals surface area contributed by atoms with Gasteiger partial charge in [-0.05, 0) is 18.9 Å². The average molecular weight is 399 g/mol. The lowest BCUT2D eigenvalue weighted by Crippen LogP contribution is -2.36. The Kier molecular flexibility index (Phi) is 8.74. The van der Waals surface area contributed by atoms with E-state index in [-0.39, 0.29) is 34.2 Å². The fraction of sp³-hybridized carbons (Fsp3) is 0.444. The Morgan fingerprint density at radius 3 is 2.19 bits per heavy atom. The Morgan fingerprint density at radius 1 is 1.15 bits per heavy atom. The minimum absolute atomic E-state index is 0.00403. The van der Waals surface area contributed by atoms with E-state index in [1.165, 1.54) is 33.1 Å². The number of anilines is 1. The van der Waals surface area contributed by atoms with E-state index in [9.17, 15) is 19.2 Å². The third-order valence-electron chi connectivity index (χ3n) is 3.78. The van der Waals surface area contributed by atoms with Gasteiger partial charge in [0.25, 0.3) is 0 Å². The van der Waals surface area contributed by atoms with Gasteiger partial charge in [-0.25, -0.2) is 4.79 Å². The highest BCUT2D eigenvalue weighted by atomic mass is 35.5. The molecule has 0 bridgehead atoms. The number of hydrogen-bond donors (Lipinski definition) is 3. The summed E-state index contributed by atoms with van der Waals surface area (Å²) < 4.78 is 4.89. The highest BCUT2D eigenvalue weighted by molar-refractivity contribution is 6.34. The number of rotatable bonds is 4. The van der Waals surface area contributed by atoms with Gasteiger partial charge >= 0.3 is 5.97 Å². The van der Waals surface area contributed by atoms with E-state index in [1.807, 2.05) is 0 Å². The zero-order valence-corrected chi connectivity index (χ0v) is 16.2. The molecule has 0 heterocycles. The first kappa shape index (κ1) is 22.4. The maximum Gasteiger partial charge on any atom is 0.339 e. The summed E-state index contributed by atoms with van der Waals surface area (Å²) in [5, 5.41) is 14.3. The van der Waals surface area contributed by atoms with Gasteiger partial charge in [-0.15, -0.1) is 0 Å². The molecule has 0 atom stereocenters. The summed E-state index contributed by atoms with van der Waals surface area (Å²) in [5.74, 6) is -0.975. The third kappa shape index (κ3) is 7.65. The van der Waals surface area contributed by atoms with Gasteiger partial charge in [0, 0.05) is 38.8 Å². The van der Waals surface area contributed by atoms with Crippen molar-refractivity contribution in [3.63, 3.8) is 0 Å². The molecule has 1 aliphatic rings. The number of ether oxygens (including phenoxy) is 1. The van der Waals surface area contributed by atoms with E-state index in [2.05, 4.69) is 10.6 Å². The van der Waals surface area contributed by atoms with Crippen LogP contribution in [0.1, 0.15) is 49.9 Å². The summed E-state index contributed by atoms with van der Waals surface area (Å²) >= 11 is 5.81. The molecule has 2 amide bonds. The van der Waals surface area contributed by atoms with Crippen molar-refractivity contribution in [3.05, 3.63) is 22.7 Å². The fourth-order valence-electron chi connectivity index (χ4n) is 2.55. The molecule has 1 aliphatic carbocycles. The van der Waals surface area contributed by atoms with E-state index in [0.29, 0.717) is 24.3 Å². The van der Waals surface area contributed by atoms with Crippen LogP contribution >= 0.6 is 11.6 Å². The Labute approximate surface area is 162 Å². The van der Waals surface area contributed by atoms with Gasteiger partial charge in [0.1, 0.15) is 17.1 Å². The van der Waals surface area contributed by atoms with Crippen LogP contribution in [0.3, 0.4) is 0 Å². The first-order valence-electron chi connectivity index (χ1n) is 8.31. The van der Waals surface area contributed by atoms with E-state index in [0.717, 1.165) is 12.8 Å². The van der Waals surface area contributed by atoms with Crippen molar-refractivity contribution in [2.75, 3.05) is 12.4 Å². The minimum Gasteiger partial charge on any atom is -0.496 e. The van der Waals surface area contributed by atoms with Crippen molar-refractivity contribution in [2.45, 2.75) is 45.6 Å². The van der Waals surface area contributed by atoms with E-state index < -0.39 is 5.97 Å². The lowest BCUT2D eigenvalue weighted by atomic mass is 9.94. The van der Waals surface area contributed by atoms with Gasteiger partial charge < -0.3 is 20.5 Å². The number of methoxy groups -OCH3 is 1. The monoisotopic (exact) mass is 398 g/mol. The van der Waals surface area contributed by atoms with Crippen molar-refractivity contribution in [1.82, 2.24) is 5.32 Å². The van der Waals surface area contributed by atoms with Crippen molar-refractivity contribution in [3.8, 4) is 5.75 Å². The van der Waals surface area contributed by atoms with Crippen molar-refractivity contribution < 1.29 is 29.0 Å². The maximum absolute atomic E-state index is 10.9. The number of amides is 2. The number of carbonyl (C=O) groups excluding carboxylic acids is 3. The van der Waals surface area contributed by atoms with Crippen molar-refractivity contribution >= 4 is 40.9 Å². The Balaban J connectivity index is 0.000000289. The molecule has 9 heteroatoms. The van der Waals surface area contributed by atoms with Gasteiger partial charge in [0.2, 0.25) is 11.8 Å². The molecule has 0 aromatic heterocycles. The summed E-state index contributed by atoms with van der Waals surface area (Å²) in [6.07, 6.45) is 2.90. The second-order valence-electron chi connectivity index (χ2n) is 6.03. The van der Waals surface area contributed by atoms with Crippen LogP contribution < -0.4 is 15.4 Å². The molecule has 1 aromatic rings. The van der Waals surface area contributed by atoms with E-state index in [1.54, 1.807) is 0 Å². The van der Waals surface area contributed by atoms with Crippen LogP contribution in [0.15, 0.2) is 12.1 Å². The molecule has 0 unspecified atom stereocenters. The van der Waals surface area contributed by atoms with E-state index >= 15 is 0 Å². The van der Waals surface area contributed by atoms with Crippen LogP contribution in [-0.2, 0) is 14.4 Å². The highest BCUT2D eigenvalue weighted by Gasteiger charge is 2.18. The van der Waals surface area contributed by atoms with Crippen LogP contribution in [0.5, 0.6) is 5.75 Å². The fourth-order valence-corrected chi connectivity index (χ4v) is 2.76. The minimum atomic E-state index is -1.15. The lowest BCUT2D eigenvalue weighted by Gasteiger charge is -2.21. The number of carboxylic acids is 1. The molecular formula is C18H23ClN2O6. The number of halogens is 1. The zero-order chi connectivity index (χ0) is 20.6. The normalized spacial score (nSPS) is 13.9. The standard InChI is InChI=1S/C10H10ClNO4.C8H13NO2/c1-5(13)12-8-4-9(16-2)6(10(14)15)3-7(8)11;1-6(10)9-7-2-4-8(11)5-3-7/h3-4H,1-2H3,(H,12,13)(H,14,15);7H,2-5H2,1H3,(H,9,10). The average Bonchev–Trinajstić information content (AvgIpc) is 2.58. The summed E-state index contributed by atoms with van der Waals surface area (Å²) in [6, 6.07) is 2.84. The molecule has 27 heavy (non-hydrogen) atoms. The predicted octanol–water partition coefficient (Wildman–Crippen LogP) is 2.64. The number of benzene rings is 1. The number of nitrogens with one attached hydrogen (secondary N) is 2. The van der Waals surface area contributed by atoms with Gasteiger partial charge in [0.05, 0.1) is 17.8 Å². The molecule has 148 valence electrons. The molecule has 1 fully saturated rings. The molecule has 0 spiro atoms. The van der Waals surface area contributed by atoms with Gasteiger partial charge in [-0.1, -0.05) is 11.6 Å². The van der Waals surface area contributed by atoms with E-state index in [4.69, 9.17) is 21.4 Å². The largest absolute Gasteiger partial charge is 0.496 e. The topological polar surface area (TPSA) is 122 Å². The highest BCUT2D eigenvalue weighted by Crippen LogP contribution is 2.30. The number of hydrogen-bond acceptors (Lipinski definition) is 5. The molecule has 1 saturated carbocycles. The molecule has 1 aromatic carbocycles. The quantitative estimate of drug-likeness (QED) is 0.716. The Morgan fingerprint density at radius 2 is 1.74 bits per heavy atom. The summed E-state index contributed by atoms with van der Waals surface area (Å²) in [4.78, 5) is 43.1. The lowest BCUT2D eigenvalue weighted by molar-refractivity contribution is -0.123. The van der Waals surface area contributed by atoms with Gasteiger partial charge in [-0.2, -0.15) is 0 Å². The number of aromatic carboxylic acids is 1. The summed E-state index contributed by atoms with van der Waals surface area (Å²) in [6.45, 7) is 2.84. The van der Waals surface area contributed by atoms with Crippen LogP contribution in [0.25, 0.3) is 0 Å². The molecular weight excluding hydrogens is 376 g/mol. The number of ketones is 1. The van der Waals surface area contributed by atoms with Crippen LogP contribution in [0, 0.1) is 0 Å². The zero-order valence-electron chi connectivity index (χ0n) is 15.4. The molecule has 2 rings (SSSR count). The third-order valence-corrected chi connectivity index (χ3v) is 4.09.